The highest BCUT2D eigenvalue weighted by molar-refractivity contribution is 7.98. The number of hydrogen-bond donors (Lipinski definition) is 1. The number of para-hydroxylation sites is 1. The van der Waals surface area contributed by atoms with Crippen molar-refractivity contribution in [2.24, 2.45) is 0 Å². The van der Waals surface area contributed by atoms with Crippen LogP contribution in [0.1, 0.15) is 5.56 Å². The van der Waals surface area contributed by atoms with Crippen LogP contribution in [0.5, 0.6) is 0 Å². The van der Waals surface area contributed by atoms with Crippen LogP contribution in [0.4, 0.5) is 15.6 Å². The Morgan fingerprint density at radius 2 is 2.18 bits per heavy atom. The molecular weight excluding hydrogens is 318 g/mol. The minimum atomic E-state index is -0.131. The van der Waals surface area contributed by atoms with Gasteiger partial charge in [0.2, 0.25) is 10.3 Å². The minimum absolute atomic E-state index is 0.131. The quantitative estimate of drug-likeness (QED) is 0.855. The van der Waals surface area contributed by atoms with E-state index in [1.165, 1.54) is 29.0 Å². The number of aromatic nitrogens is 2. The molecule has 0 unspecified atom stereocenters. The van der Waals surface area contributed by atoms with Crippen LogP contribution in [-0.2, 0) is 6.54 Å². The molecule has 2 amide bonds. The molecule has 1 N–H and O–H groups in total. The molecule has 0 fully saturated rings. The fraction of sp³-hybridized carbons (Fsp3) is 0.357. The van der Waals surface area contributed by atoms with Crippen molar-refractivity contribution in [3.63, 3.8) is 0 Å². The van der Waals surface area contributed by atoms with Crippen molar-refractivity contribution < 1.29 is 4.79 Å². The first kappa shape index (κ1) is 15.1. The highest BCUT2D eigenvalue weighted by Gasteiger charge is 2.21. The standard InChI is InChI=1S/C14H17N5OS2/c1-18-7-8-19(9-10-5-3-4-6-11(10)18)14(20)16-12-15-13(21-2)17-22-12/h3-6H,7-9H2,1-2H3,(H,15,16,17,20). The van der Waals surface area contributed by atoms with Crippen molar-refractivity contribution in [1.29, 1.82) is 0 Å². The number of nitrogens with one attached hydrogen (secondary N) is 1. The smallest absolute Gasteiger partial charge is 0.324 e. The number of hydrogen-bond acceptors (Lipinski definition) is 6. The van der Waals surface area contributed by atoms with Gasteiger partial charge in [-0.15, -0.1) is 0 Å². The number of benzene rings is 1. The van der Waals surface area contributed by atoms with Gasteiger partial charge in [-0.2, -0.15) is 9.36 Å². The molecule has 0 bridgehead atoms. The number of nitrogens with zero attached hydrogens (tertiary/aromatic N) is 4. The van der Waals surface area contributed by atoms with Gasteiger partial charge in [0.25, 0.3) is 0 Å². The van der Waals surface area contributed by atoms with Crippen molar-refractivity contribution in [3.05, 3.63) is 29.8 Å². The number of thioether (sulfide) groups is 1. The lowest BCUT2D eigenvalue weighted by Crippen LogP contribution is -2.37. The van der Waals surface area contributed by atoms with Crippen LogP contribution in [0.3, 0.4) is 0 Å². The summed E-state index contributed by atoms with van der Waals surface area (Å²) >= 11 is 2.67. The number of carbonyl (C=O) groups excluding carboxylic acids is 1. The van der Waals surface area contributed by atoms with Crippen molar-refractivity contribution in [1.82, 2.24) is 14.3 Å². The van der Waals surface area contributed by atoms with Crippen LogP contribution in [0.2, 0.25) is 0 Å². The molecule has 0 radical (unpaired) electrons. The molecule has 1 aromatic heterocycles. The van der Waals surface area contributed by atoms with E-state index >= 15 is 0 Å². The van der Waals surface area contributed by atoms with Gasteiger partial charge in [0, 0.05) is 43.9 Å². The second-order valence-corrected chi connectivity index (χ2v) is 6.51. The highest BCUT2D eigenvalue weighted by atomic mass is 32.2. The molecule has 2 aromatic rings. The zero-order valence-electron chi connectivity index (χ0n) is 12.4. The molecule has 1 aliphatic heterocycles. The van der Waals surface area contributed by atoms with E-state index in [0.717, 1.165) is 12.1 Å². The van der Waals surface area contributed by atoms with Gasteiger partial charge in [-0.25, -0.2) is 4.79 Å². The zero-order chi connectivity index (χ0) is 15.5. The van der Waals surface area contributed by atoms with Crippen LogP contribution in [0, 0.1) is 0 Å². The summed E-state index contributed by atoms with van der Waals surface area (Å²) in [7, 11) is 2.05. The van der Waals surface area contributed by atoms with Gasteiger partial charge < -0.3 is 9.80 Å². The number of anilines is 2. The van der Waals surface area contributed by atoms with Crippen molar-refractivity contribution in [2.45, 2.75) is 11.7 Å². The Labute approximate surface area is 137 Å². The molecule has 0 saturated carbocycles. The summed E-state index contributed by atoms with van der Waals surface area (Å²) in [4.78, 5) is 20.7. The maximum absolute atomic E-state index is 12.5. The topological polar surface area (TPSA) is 61.4 Å². The summed E-state index contributed by atoms with van der Waals surface area (Å²) < 4.78 is 4.15. The Bertz CT molecular complexity index is 675. The lowest BCUT2D eigenvalue weighted by Gasteiger charge is -2.20. The summed E-state index contributed by atoms with van der Waals surface area (Å²) in [6, 6.07) is 8.05. The van der Waals surface area contributed by atoms with Crippen LogP contribution < -0.4 is 10.2 Å². The van der Waals surface area contributed by atoms with E-state index in [9.17, 15) is 4.79 Å². The molecule has 116 valence electrons. The predicted octanol–water partition coefficient (Wildman–Crippen LogP) is 2.74. The van der Waals surface area contributed by atoms with Crippen LogP contribution in [0.15, 0.2) is 29.4 Å². The van der Waals surface area contributed by atoms with Gasteiger partial charge in [-0.3, -0.25) is 5.32 Å². The summed E-state index contributed by atoms with van der Waals surface area (Å²) in [6.07, 6.45) is 1.91. The molecule has 0 atom stereocenters. The monoisotopic (exact) mass is 335 g/mol. The fourth-order valence-corrected chi connectivity index (χ4v) is 3.50. The van der Waals surface area contributed by atoms with Crippen molar-refractivity contribution in [3.8, 4) is 0 Å². The van der Waals surface area contributed by atoms with E-state index < -0.39 is 0 Å². The SMILES string of the molecule is CSc1nsc(NC(=O)N2CCN(C)c3ccccc3C2)n1. The number of fused-ring (bicyclic) bond motifs is 1. The zero-order valence-corrected chi connectivity index (χ0v) is 14.1. The molecule has 0 spiro atoms. The fourth-order valence-electron chi connectivity index (χ4n) is 2.38. The number of urea groups is 1. The van der Waals surface area contributed by atoms with E-state index in [4.69, 9.17) is 0 Å². The summed E-state index contributed by atoms with van der Waals surface area (Å²) in [6.45, 7) is 2.07. The van der Waals surface area contributed by atoms with Gasteiger partial charge in [-0.05, 0) is 17.9 Å². The lowest BCUT2D eigenvalue weighted by atomic mass is 10.1. The Morgan fingerprint density at radius 3 is 2.95 bits per heavy atom. The number of likely N-dealkylation sites (N-methyl/N-ethyl adjacent to an activating group) is 1. The number of carbonyl (C=O) groups is 1. The average Bonchev–Trinajstić information content (AvgIpc) is 2.91. The average molecular weight is 335 g/mol. The molecule has 8 heteroatoms. The molecule has 1 aliphatic rings. The molecule has 22 heavy (non-hydrogen) atoms. The summed E-state index contributed by atoms with van der Waals surface area (Å²) in [5.74, 6) is 0. The summed E-state index contributed by atoms with van der Waals surface area (Å²) in [5.41, 5.74) is 2.33. The van der Waals surface area contributed by atoms with E-state index in [1.54, 1.807) is 0 Å². The first-order valence-corrected chi connectivity index (χ1v) is 8.90. The van der Waals surface area contributed by atoms with E-state index in [0.29, 0.717) is 23.4 Å². The van der Waals surface area contributed by atoms with E-state index in [1.807, 2.05) is 23.3 Å². The third-order valence-corrected chi connectivity index (χ3v) is 4.85. The third-order valence-electron chi connectivity index (χ3n) is 3.56. The van der Waals surface area contributed by atoms with Gasteiger partial charge in [-0.1, -0.05) is 30.0 Å². The van der Waals surface area contributed by atoms with E-state index in [-0.39, 0.29) is 6.03 Å². The largest absolute Gasteiger partial charge is 0.373 e. The van der Waals surface area contributed by atoms with Gasteiger partial charge in [0.1, 0.15) is 0 Å². The number of rotatable bonds is 2. The van der Waals surface area contributed by atoms with Gasteiger partial charge in [0.15, 0.2) is 0 Å². The molecule has 0 aliphatic carbocycles. The number of amides is 2. The van der Waals surface area contributed by atoms with Crippen LogP contribution in [0.25, 0.3) is 0 Å². The minimum Gasteiger partial charge on any atom is -0.373 e. The Hall–Kier alpha value is -1.80. The third kappa shape index (κ3) is 3.17. The normalized spacial score (nSPS) is 14.5. The second kappa shape index (κ2) is 6.53. The van der Waals surface area contributed by atoms with Crippen LogP contribution >= 0.6 is 23.3 Å². The lowest BCUT2D eigenvalue weighted by molar-refractivity contribution is 0.212. The second-order valence-electron chi connectivity index (χ2n) is 4.99. The Balaban J connectivity index is 1.73. The van der Waals surface area contributed by atoms with Crippen molar-refractivity contribution >= 4 is 40.1 Å². The maximum Gasteiger partial charge on any atom is 0.324 e. The molecule has 6 nitrogen and oxygen atoms in total. The predicted molar refractivity (Wildman–Crippen MR) is 90.8 cm³/mol. The Morgan fingerprint density at radius 1 is 1.36 bits per heavy atom. The van der Waals surface area contributed by atoms with Gasteiger partial charge in [0.05, 0.1) is 0 Å². The summed E-state index contributed by atoms with van der Waals surface area (Å²) in [5, 5.41) is 4.06. The highest BCUT2D eigenvalue weighted by Crippen LogP contribution is 2.24. The first-order chi connectivity index (χ1) is 10.7. The Kier molecular flexibility index (Phi) is 4.49. The van der Waals surface area contributed by atoms with E-state index in [2.05, 4.69) is 38.8 Å². The van der Waals surface area contributed by atoms with Crippen molar-refractivity contribution in [2.75, 3.05) is 36.6 Å². The molecule has 3 rings (SSSR count). The molecular formula is C14H17N5OS2. The maximum atomic E-state index is 12.5. The van der Waals surface area contributed by atoms with Gasteiger partial charge >= 0.3 is 6.03 Å². The van der Waals surface area contributed by atoms with Crippen LogP contribution in [-0.4, -0.2) is 46.7 Å². The molecule has 0 saturated heterocycles. The first-order valence-electron chi connectivity index (χ1n) is 6.90. The molecule has 1 aromatic carbocycles. The molecule has 2 heterocycles.